The summed E-state index contributed by atoms with van der Waals surface area (Å²) in [5.41, 5.74) is 0. The third kappa shape index (κ3) is 5.08. The van der Waals surface area contributed by atoms with Gasteiger partial charge in [-0.05, 0) is 18.4 Å². The van der Waals surface area contributed by atoms with Crippen molar-refractivity contribution in [1.29, 1.82) is 0 Å². The van der Waals surface area contributed by atoms with Crippen molar-refractivity contribution in [3.63, 3.8) is 0 Å². The molecule has 1 aliphatic rings. The SMILES string of the molecule is CCSC(SCC)[C@@H](O)[C@@H](O)[C@H](O)[C@H]1COC(C)O1. The summed E-state index contributed by atoms with van der Waals surface area (Å²) in [7, 11) is 0. The Morgan fingerprint density at radius 3 is 2.11 bits per heavy atom. The molecule has 1 saturated heterocycles. The van der Waals surface area contributed by atoms with E-state index in [0.29, 0.717) is 0 Å². The first-order valence-corrected chi connectivity index (χ1v) is 8.65. The molecule has 0 aromatic heterocycles. The van der Waals surface area contributed by atoms with E-state index < -0.39 is 24.4 Å². The van der Waals surface area contributed by atoms with Gasteiger partial charge in [0.2, 0.25) is 0 Å². The molecular formula is C12H24O5S2. The molecular weight excluding hydrogens is 288 g/mol. The van der Waals surface area contributed by atoms with Gasteiger partial charge in [0.25, 0.3) is 0 Å². The fourth-order valence-electron chi connectivity index (χ4n) is 1.89. The number of ether oxygens (including phenoxy) is 2. The second-order valence-electron chi connectivity index (χ2n) is 4.33. The van der Waals surface area contributed by atoms with Crippen molar-refractivity contribution < 1.29 is 24.8 Å². The van der Waals surface area contributed by atoms with E-state index >= 15 is 0 Å². The Balaban J connectivity index is 2.55. The number of aliphatic hydroxyl groups is 3. The maximum atomic E-state index is 10.2. The largest absolute Gasteiger partial charge is 0.388 e. The lowest BCUT2D eigenvalue weighted by Crippen LogP contribution is -2.48. The van der Waals surface area contributed by atoms with Crippen LogP contribution in [0.1, 0.15) is 20.8 Å². The van der Waals surface area contributed by atoms with Gasteiger partial charge < -0.3 is 24.8 Å². The molecule has 0 saturated carbocycles. The highest BCUT2D eigenvalue weighted by Crippen LogP contribution is 2.30. The van der Waals surface area contributed by atoms with Crippen LogP contribution in [0.3, 0.4) is 0 Å². The lowest BCUT2D eigenvalue weighted by Gasteiger charge is -2.30. The van der Waals surface area contributed by atoms with Gasteiger partial charge in [0.05, 0.1) is 11.2 Å². The van der Waals surface area contributed by atoms with Crippen molar-refractivity contribution >= 4 is 23.5 Å². The van der Waals surface area contributed by atoms with Crippen molar-refractivity contribution in [3.8, 4) is 0 Å². The molecule has 7 heteroatoms. The second kappa shape index (κ2) is 8.71. The summed E-state index contributed by atoms with van der Waals surface area (Å²) in [5.74, 6) is 1.69. The molecule has 3 N–H and O–H groups in total. The van der Waals surface area contributed by atoms with Crippen molar-refractivity contribution in [2.45, 2.75) is 56.1 Å². The molecule has 0 aromatic rings. The molecule has 1 rings (SSSR count). The minimum absolute atomic E-state index is 0.153. The smallest absolute Gasteiger partial charge is 0.155 e. The zero-order chi connectivity index (χ0) is 14.4. The summed E-state index contributed by atoms with van der Waals surface area (Å²) >= 11 is 3.14. The zero-order valence-electron chi connectivity index (χ0n) is 11.6. The van der Waals surface area contributed by atoms with Crippen LogP contribution in [-0.2, 0) is 9.47 Å². The maximum Gasteiger partial charge on any atom is 0.155 e. The molecule has 0 amide bonds. The molecule has 1 fully saturated rings. The summed E-state index contributed by atoms with van der Waals surface area (Å²) in [6, 6.07) is 0. The molecule has 19 heavy (non-hydrogen) atoms. The predicted molar refractivity (Wildman–Crippen MR) is 78.4 cm³/mol. The quantitative estimate of drug-likeness (QED) is 0.568. The number of hydrogen-bond donors (Lipinski definition) is 3. The van der Waals surface area contributed by atoms with E-state index in [1.807, 2.05) is 13.8 Å². The van der Waals surface area contributed by atoms with E-state index in [1.165, 1.54) is 0 Å². The third-order valence-electron chi connectivity index (χ3n) is 2.88. The summed E-state index contributed by atoms with van der Waals surface area (Å²) in [6.07, 6.45) is -4.34. The van der Waals surface area contributed by atoms with Gasteiger partial charge in [-0.15, -0.1) is 23.5 Å². The number of thioether (sulfide) groups is 2. The molecule has 0 bridgehead atoms. The molecule has 0 radical (unpaired) electrons. The zero-order valence-corrected chi connectivity index (χ0v) is 13.2. The van der Waals surface area contributed by atoms with Gasteiger partial charge in [0, 0.05) is 0 Å². The predicted octanol–water partition coefficient (Wildman–Crippen LogP) is 0.663. The second-order valence-corrected chi connectivity index (χ2v) is 7.46. The standard InChI is InChI=1S/C12H24O5S2/c1-4-18-12(19-5-2)11(15)10(14)9(13)8-6-16-7(3)17-8/h7-15H,4-6H2,1-3H3/t7?,8-,9-,10+,11+/m1/s1. The van der Waals surface area contributed by atoms with E-state index in [2.05, 4.69) is 0 Å². The van der Waals surface area contributed by atoms with Gasteiger partial charge in [0.15, 0.2) is 6.29 Å². The Morgan fingerprint density at radius 2 is 1.68 bits per heavy atom. The lowest BCUT2D eigenvalue weighted by molar-refractivity contribution is -0.120. The normalized spacial score (nSPS) is 28.6. The van der Waals surface area contributed by atoms with Crippen LogP contribution in [0.2, 0.25) is 0 Å². The van der Waals surface area contributed by atoms with Gasteiger partial charge in [-0.25, -0.2) is 0 Å². The van der Waals surface area contributed by atoms with Crippen molar-refractivity contribution in [3.05, 3.63) is 0 Å². The van der Waals surface area contributed by atoms with E-state index in [0.717, 1.165) is 11.5 Å². The molecule has 0 aliphatic carbocycles. The first-order chi connectivity index (χ1) is 9.01. The highest BCUT2D eigenvalue weighted by Gasteiger charge is 2.39. The summed E-state index contributed by atoms with van der Waals surface area (Å²) in [4.78, 5) is 0. The van der Waals surface area contributed by atoms with Crippen molar-refractivity contribution in [2.24, 2.45) is 0 Å². The molecule has 0 aromatic carbocycles. The number of aliphatic hydroxyl groups excluding tert-OH is 3. The highest BCUT2D eigenvalue weighted by molar-refractivity contribution is 8.17. The van der Waals surface area contributed by atoms with E-state index in [-0.39, 0.29) is 17.5 Å². The van der Waals surface area contributed by atoms with Gasteiger partial charge >= 0.3 is 0 Å². The Labute approximate surface area is 123 Å². The number of hydrogen-bond acceptors (Lipinski definition) is 7. The maximum absolute atomic E-state index is 10.2. The monoisotopic (exact) mass is 312 g/mol. The van der Waals surface area contributed by atoms with Gasteiger partial charge in [-0.2, -0.15) is 0 Å². The Kier molecular flexibility index (Phi) is 8.05. The van der Waals surface area contributed by atoms with Crippen LogP contribution in [0.4, 0.5) is 0 Å². The van der Waals surface area contributed by atoms with Crippen LogP contribution in [0.5, 0.6) is 0 Å². The Hall–Kier alpha value is 0.500. The fraction of sp³-hybridized carbons (Fsp3) is 1.00. The molecule has 1 heterocycles. The third-order valence-corrected chi connectivity index (χ3v) is 5.58. The van der Waals surface area contributed by atoms with Crippen molar-refractivity contribution in [1.82, 2.24) is 0 Å². The van der Waals surface area contributed by atoms with Crippen LogP contribution in [0.15, 0.2) is 0 Å². The summed E-state index contributed by atoms with van der Waals surface area (Å²) < 4.78 is 10.4. The molecule has 5 nitrogen and oxygen atoms in total. The van der Waals surface area contributed by atoms with Crippen molar-refractivity contribution in [2.75, 3.05) is 18.1 Å². The van der Waals surface area contributed by atoms with E-state index in [1.54, 1.807) is 30.4 Å². The molecule has 1 unspecified atom stereocenters. The minimum atomic E-state index is -1.23. The minimum Gasteiger partial charge on any atom is -0.388 e. The Morgan fingerprint density at radius 1 is 1.11 bits per heavy atom. The summed E-state index contributed by atoms with van der Waals surface area (Å²) in [6.45, 7) is 5.97. The van der Waals surface area contributed by atoms with E-state index in [9.17, 15) is 15.3 Å². The van der Waals surface area contributed by atoms with Crippen LogP contribution < -0.4 is 0 Å². The first kappa shape index (κ1) is 17.6. The van der Waals surface area contributed by atoms with Crippen LogP contribution in [0.25, 0.3) is 0 Å². The summed E-state index contributed by atoms with van der Waals surface area (Å²) in [5, 5.41) is 30.3. The first-order valence-electron chi connectivity index (χ1n) is 6.55. The van der Waals surface area contributed by atoms with Gasteiger partial charge in [-0.1, -0.05) is 13.8 Å². The molecule has 0 spiro atoms. The van der Waals surface area contributed by atoms with Crippen LogP contribution >= 0.6 is 23.5 Å². The highest BCUT2D eigenvalue weighted by atomic mass is 32.2. The van der Waals surface area contributed by atoms with Gasteiger partial charge in [0.1, 0.15) is 24.4 Å². The topological polar surface area (TPSA) is 79.2 Å². The van der Waals surface area contributed by atoms with Gasteiger partial charge in [-0.3, -0.25) is 0 Å². The Bertz CT molecular complexity index is 250. The van der Waals surface area contributed by atoms with E-state index in [4.69, 9.17) is 9.47 Å². The number of rotatable bonds is 8. The lowest BCUT2D eigenvalue weighted by atomic mass is 10.0. The average molecular weight is 312 g/mol. The fourth-order valence-corrected chi connectivity index (χ4v) is 4.47. The van der Waals surface area contributed by atoms with Crippen LogP contribution in [-0.4, -0.2) is 68.7 Å². The molecule has 5 atom stereocenters. The molecule has 114 valence electrons. The molecule has 1 aliphatic heterocycles. The van der Waals surface area contributed by atoms with Crippen LogP contribution in [0, 0.1) is 0 Å². The average Bonchev–Trinajstić information content (AvgIpc) is 2.82.